The molecule has 0 aliphatic rings. The molecule has 5 rings (SSSR count). The van der Waals surface area contributed by atoms with Crippen LogP contribution in [0.1, 0.15) is 21.6 Å². The largest absolute Gasteiger partial charge is 0.497 e. The Hall–Kier alpha value is -4.18. The SMILES string of the molecule is COc1ccc(-n2nc(C(=O)c3ccc4ccccc4c3)cc2-c2ccc(C)cc2)cc1. The Bertz CT molecular complexity index is 1410. The first-order valence-corrected chi connectivity index (χ1v) is 10.5. The molecule has 0 unspecified atom stereocenters. The van der Waals surface area contributed by atoms with E-state index in [4.69, 9.17) is 9.84 Å². The lowest BCUT2D eigenvalue weighted by Crippen LogP contribution is -2.04. The van der Waals surface area contributed by atoms with Crippen LogP contribution in [0.3, 0.4) is 0 Å². The maximum absolute atomic E-state index is 13.4. The van der Waals surface area contributed by atoms with Crippen molar-refractivity contribution >= 4 is 16.6 Å². The number of hydrogen-bond acceptors (Lipinski definition) is 3. The topological polar surface area (TPSA) is 44.1 Å². The number of nitrogens with zero attached hydrogens (tertiary/aromatic N) is 2. The lowest BCUT2D eigenvalue weighted by molar-refractivity contribution is 0.103. The molecule has 0 N–H and O–H groups in total. The molecule has 0 saturated heterocycles. The van der Waals surface area contributed by atoms with Crippen LogP contribution in [0.5, 0.6) is 5.75 Å². The van der Waals surface area contributed by atoms with Crippen molar-refractivity contribution in [3.63, 3.8) is 0 Å². The molecule has 0 saturated carbocycles. The maximum atomic E-state index is 13.4. The average molecular weight is 418 g/mol. The lowest BCUT2D eigenvalue weighted by Gasteiger charge is -2.09. The van der Waals surface area contributed by atoms with Crippen LogP contribution in [0.4, 0.5) is 0 Å². The van der Waals surface area contributed by atoms with Crippen LogP contribution >= 0.6 is 0 Å². The van der Waals surface area contributed by atoms with E-state index in [9.17, 15) is 4.79 Å². The van der Waals surface area contributed by atoms with Crippen LogP contribution in [-0.2, 0) is 0 Å². The zero-order valence-electron chi connectivity index (χ0n) is 17.9. The summed E-state index contributed by atoms with van der Waals surface area (Å²) in [5, 5.41) is 6.86. The molecule has 5 aromatic rings. The van der Waals surface area contributed by atoms with Gasteiger partial charge in [-0.1, -0.05) is 66.2 Å². The molecular formula is C28H22N2O2. The number of rotatable bonds is 5. The van der Waals surface area contributed by atoms with Gasteiger partial charge in [-0.2, -0.15) is 5.10 Å². The minimum absolute atomic E-state index is 0.101. The van der Waals surface area contributed by atoms with Crippen LogP contribution in [0.25, 0.3) is 27.7 Å². The Balaban J connectivity index is 1.61. The molecule has 1 aromatic heterocycles. The van der Waals surface area contributed by atoms with Gasteiger partial charge >= 0.3 is 0 Å². The van der Waals surface area contributed by atoms with Gasteiger partial charge in [-0.15, -0.1) is 0 Å². The number of fused-ring (bicyclic) bond motifs is 1. The molecule has 0 radical (unpaired) electrons. The zero-order valence-corrected chi connectivity index (χ0v) is 17.9. The fourth-order valence-electron chi connectivity index (χ4n) is 3.82. The zero-order chi connectivity index (χ0) is 22.1. The van der Waals surface area contributed by atoms with Crippen molar-refractivity contribution in [2.24, 2.45) is 0 Å². The fourth-order valence-corrected chi connectivity index (χ4v) is 3.82. The monoisotopic (exact) mass is 418 g/mol. The maximum Gasteiger partial charge on any atom is 0.213 e. The Morgan fingerprint density at radius 2 is 1.53 bits per heavy atom. The number of carbonyl (C=O) groups is 1. The van der Waals surface area contributed by atoms with E-state index in [1.165, 1.54) is 5.56 Å². The summed E-state index contributed by atoms with van der Waals surface area (Å²) in [6.45, 7) is 2.05. The van der Waals surface area contributed by atoms with E-state index in [-0.39, 0.29) is 5.78 Å². The average Bonchev–Trinajstić information content (AvgIpc) is 3.29. The van der Waals surface area contributed by atoms with Gasteiger partial charge in [0, 0.05) is 11.1 Å². The second kappa shape index (κ2) is 8.16. The number of hydrogen-bond donors (Lipinski definition) is 0. The van der Waals surface area contributed by atoms with Crippen molar-refractivity contribution in [1.29, 1.82) is 0 Å². The molecule has 0 atom stereocenters. The van der Waals surface area contributed by atoms with Crippen molar-refractivity contribution in [3.8, 4) is 22.7 Å². The van der Waals surface area contributed by atoms with Gasteiger partial charge in [-0.05, 0) is 54.1 Å². The minimum Gasteiger partial charge on any atom is -0.497 e. The van der Waals surface area contributed by atoms with Crippen LogP contribution in [-0.4, -0.2) is 22.7 Å². The molecule has 4 nitrogen and oxygen atoms in total. The van der Waals surface area contributed by atoms with Crippen molar-refractivity contribution < 1.29 is 9.53 Å². The van der Waals surface area contributed by atoms with E-state index in [1.807, 2.05) is 77.5 Å². The number of methoxy groups -OCH3 is 1. The van der Waals surface area contributed by atoms with Crippen LogP contribution in [0.15, 0.2) is 97.1 Å². The lowest BCUT2D eigenvalue weighted by atomic mass is 10.0. The second-order valence-corrected chi connectivity index (χ2v) is 7.78. The second-order valence-electron chi connectivity index (χ2n) is 7.78. The summed E-state index contributed by atoms with van der Waals surface area (Å²) in [5.41, 5.74) is 4.93. The third-order valence-electron chi connectivity index (χ3n) is 5.62. The molecule has 156 valence electrons. The summed E-state index contributed by atoms with van der Waals surface area (Å²) in [4.78, 5) is 13.4. The van der Waals surface area contributed by atoms with Gasteiger partial charge in [0.1, 0.15) is 11.4 Å². The van der Waals surface area contributed by atoms with Crippen LogP contribution in [0, 0.1) is 6.92 Å². The van der Waals surface area contributed by atoms with E-state index in [2.05, 4.69) is 31.2 Å². The molecule has 4 heteroatoms. The van der Waals surface area contributed by atoms with E-state index in [0.29, 0.717) is 11.3 Å². The molecule has 0 aliphatic carbocycles. The summed E-state index contributed by atoms with van der Waals surface area (Å²) in [5.74, 6) is 0.668. The molecule has 0 spiro atoms. The first-order valence-electron chi connectivity index (χ1n) is 10.5. The summed E-state index contributed by atoms with van der Waals surface area (Å²) in [7, 11) is 1.64. The molecule has 4 aromatic carbocycles. The van der Waals surface area contributed by atoms with Gasteiger partial charge in [-0.25, -0.2) is 4.68 Å². The predicted octanol–water partition coefficient (Wildman–Crippen LogP) is 6.24. The van der Waals surface area contributed by atoms with E-state index < -0.39 is 0 Å². The molecule has 1 heterocycles. The van der Waals surface area contributed by atoms with Crippen molar-refractivity contribution in [3.05, 3.63) is 114 Å². The molecule has 0 fully saturated rings. The Kier molecular flexibility index (Phi) is 5.04. The van der Waals surface area contributed by atoms with Gasteiger partial charge in [-0.3, -0.25) is 4.79 Å². The Morgan fingerprint density at radius 3 is 2.25 bits per heavy atom. The highest BCUT2D eigenvalue weighted by Crippen LogP contribution is 2.27. The van der Waals surface area contributed by atoms with E-state index in [0.717, 1.165) is 33.5 Å². The van der Waals surface area contributed by atoms with Crippen molar-refractivity contribution in [2.75, 3.05) is 7.11 Å². The number of aryl methyl sites for hydroxylation is 1. The standard InChI is InChI=1S/C28H22N2O2/c1-19-7-9-21(10-8-19)27-18-26(29-30(27)24-13-15-25(32-2)16-14-24)28(31)23-12-11-20-5-3-4-6-22(20)17-23/h3-18H,1-2H3. The summed E-state index contributed by atoms with van der Waals surface area (Å²) < 4.78 is 7.10. The molecule has 0 aliphatic heterocycles. The normalized spacial score (nSPS) is 10.9. The van der Waals surface area contributed by atoms with Gasteiger partial charge in [0.05, 0.1) is 18.5 Å². The first kappa shape index (κ1) is 19.8. The quantitative estimate of drug-likeness (QED) is 0.317. The van der Waals surface area contributed by atoms with Crippen LogP contribution in [0.2, 0.25) is 0 Å². The highest BCUT2D eigenvalue weighted by Gasteiger charge is 2.18. The molecule has 0 amide bonds. The fraction of sp³-hybridized carbons (Fsp3) is 0.0714. The molecule has 32 heavy (non-hydrogen) atoms. The highest BCUT2D eigenvalue weighted by atomic mass is 16.5. The van der Waals surface area contributed by atoms with Crippen LogP contribution < -0.4 is 4.74 Å². The number of ether oxygens (including phenoxy) is 1. The van der Waals surface area contributed by atoms with Crippen molar-refractivity contribution in [2.45, 2.75) is 6.92 Å². The van der Waals surface area contributed by atoms with Crippen molar-refractivity contribution in [1.82, 2.24) is 9.78 Å². The highest BCUT2D eigenvalue weighted by molar-refractivity contribution is 6.10. The Morgan fingerprint density at radius 1 is 0.812 bits per heavy atom. The summed E-state index contributed by atoms with van der Waals surface area (Å²) in [6, 6.07) is 31.5. The number of benzene rings is 4. The first-order chi connectivity index (χ1) is 15.6. The summed E-state index contributed by atoms with van der Waals surface area (Å²) >= 11 is 0. The Labute approximate surface area is 186 Å². The third kappa shape index (κ3) is 3.67. The summed E-state index contributed by atoms with van der Waals surface area (Å²) in [6.07, 6.45) is 0. The van der Waals surface area contributed by atoms with E-state index >= 15 is 0 Å². The minimum atomic E-state index is -0.101. The van der Waals surface area contributed by atoms with Gasteiger partial charge < -0.3 is 4.74 Å². The van der Waals surface area contributed by atoms with E-state index in [1.54, 1.807) is 7.11 Å². The van der Waals surface area contributed by atoms with Gasteiger partial charge in [0.15, 0.2) is 0 Å². The molecular weight excluding hydrogens is 396 g/mol. The smallest absolute Gasteiger partial charge is 0.213 e. The molecule has 0 bridgehead atoms. The van der Waals surface area contributed by atoms with Gasteiger partial charge in [0.2, 0.25) is 5.78 Å². The van der Waals surface area contributed by atoms with Gasteiger partial charge in [0.25, 0.3) is 0 Å². The third-order valence-corrected chi connectivity index (χ3v) is 5.62. The number of aromatic nitrogens is 2. The predicted molar refractivity (Wildman–Crippen MR) is 128 cm³/mol. The number of ketones is 1. The number of carbonyl (C=O) groups excluding carboxylic acids is 1.